The number of carbonyl (C=O) groups is 3. The third-order valence-corrected chi connectivity index (χ3v) is 6.14. The van der Waals surface area contributed by atoms with Crippen molar-refractivity contribution in [1.29, 1.82) is 0 Å². The highest BCUT2D eigenvalue weighted by molar-refractivity contribution is 8.04. The molecule has 0 aromatic carbocycles. The number of hydrogen-bond acceptors (Lipinski definition) is 8. The highest BCUT2D eigenvalue weighted by Crippen LogP contribution is 2.50. The molecule has 1 aromatic rings. The number of thiophene rings is 1. The molecule has 0 saturated carbocycles. The lowest BCUT2D eigenvalue weighted by atomic mass is 9.86. The number of thioether (sulfide) groups is 1. The van der Waals surface area contributed by atoms with Crippen LogP contribution in [0.1, 0.15) is 17.7 Å². The minimum absolute atomic E-state index is 0.00486. The molecule has 0 bridgehead atoms. The van der Waals surface area contributed by atoms with Gasteiger partial charge in [0.15, 0.2) is 0 Å². The summed E-state index contributed by atoms with van der Waals surface area (Å²) in [6, 6.07) is 3.61. The van der Waals surface area contributed by atoms with Crippen molar-refractivity contribution in [1.82, 2.24) is 4.90 Å². The fraction of sp³-hybridized carbons (Fsp3) is 0.312. The molecule has 1 aromatic heterocycles. The molecule has 2 aliphatic heterocycles. The summed E-state index contributed by atoms with van der Waals surface area (Å²) in [4.78, 5) is 39.5. The van der Waals surface area contributed by atoms with Crippen LogP contribution in [0.2, 0.25) is 0 Å². The molecule has 0 unspecified atom stereocenters. The first-order valence-corrected chi connectivity index (χ1v) is 9.12. The number of rotatable bonds is 3. The summed E-state index contributed by atoms with van der Waals surface area (Å²) in [7, 11) is 2.49. The van der Waals surface area contributed by atoms with Crippen molar-refractivity contribution in [2.24, 2.45) is 5.73 Å². The number of methoxy groups -OCH3 is 2. The zero-order valence-corrected chi connectivity index (χ0v) is 15.4. The lowest BCUT2D eigenvalue weighted by Crippen LogP contribution is -2.39. The first kappa shape index (κ1) is 17.6. The molecule has 1 saturated heterocycles. The largest absolute Gasteiger partial charge is 0.466 e. The van der Waals surface area contributed by atoms with E-state index in [2.05, 4.69) is 0 Å². The van der Waals surface area contributed by atoms with Crippen molar-refractivity contribution in [2.75, 3.05) is 14.2 Å². The van der Waals surface area contributed by atoms with E-state index in [-0.39, 0.29) is 22.9 Å². The van der Waals surface area contributed by atoms with Crippen LogP contribution in [0.3, 0.4) is 0 Å². The van der Waals surface area contributed by atoms with Gasteiger partial charge in [-0.3, -0.25) is 9.69 Å². The molecule has 3 heterocycles. The summed E-state index contributed by atoms with van der Waals surface area (Å²) < 4.78 is 9.80. The Morgan fingerprint density at radius 2 is 1.84 bits per heavy atom. The third kappa shape index (κ3) is 2.63. The lowest BCUT2D eigenvalue weighted by molar-refractivity contribution is -0.137. The van der Waals surface area contributed by atoms with Gasteiger partial charge >= 0.3 is 11.9 Å². The molecule has 2 aliphatic rings. The van der Waals surface area contributed by atoms with E-state index in [0.717, 1.165) is 4.88 Å². The topological polar surface area (TPSA) is 98.9 Å². The molecule has 3 rings (SSSR count). The smallest absolute Gasteiger partial charge is 0.338 e. The normalized spacial score (nSPS) is 23.0. The fourth-order valence-corrected chi connectivity index (χ4v) is 4.89. The van der Waals surface area contributed by atoms with E-state index in [9.17, 15) is 14.4 Å². The summed E-state index contributed by atoms with van der Waals surface area (Å²) in [6.07, 6.45) is 0. The van der Waals surface area contributed by atoms with Crippen molar-refractivity contribution >= 4 is 40.9 Å². The first-order chi connectivity index (χ1) is 11.9. The van der Waals surface area contributed by atoms with Crippen molar-refractivity contribution in [3.05, 3.63) is 44.4 Å². The maximum Gasteiger partial charge on any atom is 0.338 e. The van der Waals surface area contributed by atoms with Gasteiger partial charge < -0.3 is 15.2 Å². The average molecular weight is 380 g/mol. The van der Waals surface area contributed by atoms with Crippen LogP contribution in [0.4, 0.5) is 0 Å². The average Bonchev–Trinajstić information content (AvgIpc) is 3.22. The summed E-state index contributed by atoms with van der Waals surface area (Å²) in [6.45, 7) is 1.72. The molecule has 0 aliphatic carbocycles. The number of nitrogens with zero attached hydrogens (tertiary/aromatic N) is 1. The van der Waals surface area contributed by atoms with Gasteiger partial charge in [-0.2, -0.15) is 0 Å². The van der Waals surface area contributed by atoms with Crippen LogP contribution in [0.25, 0.3) is 0 Å². The molecule has 2 atom stereocenters. The SMILES string of the molecule is COC(=O)C1=C(N)N2C(=O)[C@H](C)SC2=C(C(=O)OC)[C@H]1c1cccs1. The van der Waals surface area contributed by atoms with Gasteiger partial charge in [0.25, 0.3) is 0 Å². The van der Waals surface area contributed by atoms with Crippen LogP contribution in [0, 0.1) is 0 Å². The molecule has 0 spiro atoms. The Kier molecular flexibility index (Phi) is 4.61. The Balaban J connectivity index is 2.31. The van der Waals surface area contributed by atoms with Gasteiger partial charge in [0.2, 0.25) is 5.91 Å². The predicted molar refractivity (Wildman–Crippen MR) is 93.2 cm³/mol. The van der Waals surface area contributed by atoms with Gasteiger partial charge in [0.1, 0.15) is 5.82 Å². The first-order valence-electron chi connectivity index (χ1n) is 7.36. The second-order valence-electron chi connectivity index (χ2n) is 5.38. The maximum atomic E-state index is 12.5. The zero-order valence-electron chi connectivity index (χ0n) is 13.8. The van der Waals surface area contributed by atoms with Crippen LogP contribution < -0.4 is 5.73 Å². The molecule has 7 nitrogen and oxygen atoms in total. The monoisotopic (exact) mass is 380 g/mol. The molecule has 1 amide bonds. The summed E-state index contributed by atoms with van der Waals surface area (Å²) in [5.74, 6) is -2.33. The van der Waals surface area contributed by atoms with Gasteiger partial charge in [0.05, 0.1) is 41.6 Å². The summed E-state index contributed by atoms with van der Waals surface area (Å²) in [5, 5.41) is 1.82. The quantitative estimate of drug-likeness (QED) is 0.794. The Hall–Kier alpha value is -2.26. The molecule has 2 N–H and O–H groups in total. The molecule has 132 valence electrons. The van der Waals surface area contributed by atoms with E-state index < -0.39 is 23.1 Å². The van der Waals surface area contributed by atoms with Gasteiger partial charge in [0, 0.05) is 4.88 Å². The highest BCUT2D eigenvalue weighted by atomic mass is 32.2. The molecule has 25 heavy (non-hydrogen) atoms. The minimum atomic E-state index is -0.739. The second kappa shape index (κ2) is 6.57. The Bertz CT molecular complexity index is 813. The molecule has 0 radical (unpaired) electrons. The van der Waals surface area contributed by atoms with E-state index in [1.54, 1.807) is 13.0 Å². The standard InChI is InChI=1S/C16H16N2O5S2/c1-7-13(19)18-12(17)10(15(20)22-2)9(8-5-4-6-24-8)11(14(18)25-7)16(21)23-3/h4-7,9H,17H2,1-3H3/t7-,9-/m0/s1. The van der Waals surface area contributed by atoms with Gasteiger partial charge in [-0.05, 0) is 18.4 Å². The van der Waals surface area contributed by atoms with Crippen LogP contribution >= 0.6 is 23.1 Å². The molecular weight excluding hydrogens is 364 g/mol. The van der Waals surface area contributed by atoms with E-state index >= 15 is 0 Å². The molecule has 1 fully saturated rings. The molecule has 9 heteroatoms. The van der Waals surface area contributed by atoms with Gasteiger partial charge in [-0.1, -0.05) is 17.8 Å². The van der Waals surface area contributed by atoms with E-state index in [1.807, 2.05) is 11.4 Å². The highest BCUT2D eigenvalue weighted by Gasteiger charge is 2.49. The number of hydrogen-bond donors (Lipinski definition) is 1. The van der Waals surface area contributed by atoms with Crippen molar-refractivity contribution in [3.8, 4) is 0 Å². The number of nitrogens with two attached hydrogens (primary N) is 1. The lowest BCUT2D eigenvalue weighted by Gasteiger charge is -2.32. The van der Waals surface area contributed by atoms with Crippen molar-refractivity contribution in [2.45, 2.75) is 18.1 Å². The zero-order chi connectivity index (χ0) is 18.3. The Labute approximate surface area is 152 Å². The Morgan fingerprint density at radius 3 is 2.40 bits per heavy atom. The second-order valence-corrected chi connectivity index (χ2v) is 7.69. The van der Waals surface area contributed by atoms with E-state index in [1.165, 1.54) is 42.2 Å². The number of amides is 1. The fourth-order valence-electron chi connectivity index (χ4n) is 2.89. The van der Waals surface area contributed by atoms with Crippen molar-refractivity contribution < 1.29 is 23.9 Å². The van der Waals surface area contributed by atoms with Crippen LogP contribution in [0.5, 0.6) is 0 Å². The van der Waals surface area contributed by atoms with Gasteiger partial charge in [-0.15, -0.1) is 11.3 Å². The maximum absolute atomic E-state index is 12.5. The van der Waals surface area contributed by atoms with Gasteiger partial charge in [-0.25, -0.2) is 9.59 Å². The third-order valence-electron chi connectivity index (χ3n) is 4.02. The predicted octanol–water partition coefficient (Wildman–Crippen LogP) is 1.54. The van der Waals surface area contributed by atoms with Crippen LogP contribution in [-0.2, 0) is 23.9 Å². The minimum Gasteiger partial charge on any atom is -0.466 e. The van der Waals surface area contributed by atoms with Crippen LogP contribution in [-0.4, -0.2) is 42.2 Å². The van der Waals surface area contributed by atoms with Crippen molar-refractivity contribution in [3.63, 3.8) is 0 Å². The summed E-state index contributed by atoms with van der Waals surface area (Å²) >= 11 is 2.61. The number of esters is 2. The van der Waals surface area contributed by atoms with Crippen LogP contribution in [0.15, 0.2) is 39.5 Å². The van der Waals surface area contributed by atoms with E-state index in [0.29, 0.717) is 5.03 Å². The number of ether oxygens (including phenoxy) is 2. The number of fused-ring (bicyclic) bond motifs is 1. The Morgan fingerprint density at radius 1 is 1.20 bits per heavy atom. The summed E-state index contributed by atoms with van der Waals surface area (Å²) in [5.41, 5.74) is 6.47. The van der Waals surface area contributed by atoms with E-state index in [4.69, 9.17) is 15.2 Å². The molecular formula is C16H16N2O5S2. The number of carbonyl (C=O) groups excluding carboxylic acids is 3.